The summed E-state index contributed by atoms with van der Waals surface area (Å²) < 4.78 is 5.19. The van der Waals surface area contributed by atoms with E-state index in [0.717, 1.165) is 42.0 Å². The van der Waals surface area contributed by atoms with Gasteiger partial charge in [-0.05, 0) is 74.7 Å². The molecule has 0 aromatic heterocycles. The highest BCUT2D eigenvalue weighted by Gasteiger charge is 2.65. The number of anilines is 2. The Labute approximate surface area is 180 Å². The van der Waals surface area contributed by atoms with Gasteiger partial charge in [-0.2, -0.15) is 0 Å². The largest absolute Gasteiger partial charge is 0.497 e. The van der Waals surface area contributed by atoms with Crippen molar-refractivity contribution in [3.05, 3.63) is 52.5 Å². The fourth-order valence-corrected chi connectivity index (χ4v) is 5.83. The number of rotatable bonds is 3. The third kappa shape index (κ3) is 2.67. The number of carbonyl (C=O) groups excluding carboxylic acids is 2. The molecule has 2 aromatic rings. The standard InChI is InChI=1S/C23H24ClN3O3/c1-13-10-14(24)11-18-20(13)26-22(29)23(18)19(12-16-4-3-9-27(16)23)21(28)25-15-5-7-17(30-2)8-6-15/h5-8,10-11,16,19H,3-4,9,12H2,1-2H3,(H,25,28)(H,26,29). The lowest BCUT2D eigenvalue weighted by Gasteiger charge is -2.36. The monoisotopic (exact) mass is 425 g/mol. The third-order valence-corrected chi connectivity index (χ3v) is 7.03. The summed E-state index contributed by atoms with van der Waals surface area (Å²) in [6.45, 7) is 2.74. The van der Waals surface area contributed by atoms with Crippen molar-refractivity contribution in [2.45, 2.75) is 37.8 Å². The van der Waals surface area contributed by atoms with Crippen LogP contribution in [0.5, 0.6) is 5.75 Å². The Balaban J connectivity index is 1.57. The van der Waals surface area contributed by atoms with E-state index in [2.05, 4.69) is 15.5 Å². The number of carbonyl (C=O) groups is 2. The zero-order valence-electron chi connectivity index (χ0n) is 17.0. The number of nitrogens with zero attached hydrogens (tertiary/aromatic N) is 1. The van der Waals surface area contributed by atoms with Crippen molar-refractivity contribution in [1.82, 2.24) is 4.90 Å². The Hall–Kier alpha value is -2.57. The molecule has 0 bridgehead atoms. The second-order valence-electron chi connectivity index (χ2n) is 8.36. The van der Waals surface area contributed by atoms with Gasteiger partial charge in [0.15, 0.2) is 0 Å². The number of halogens is 1. The van der Waals surface area contributed by atoms with Crippen molar-refractivity contribution in [2.75, 3.05) is 24.3 Å². The van der Waals surface area contributed by atoms with Crippen molar-refractivity contribution in [3.8, 4) is 5.75 Å². The van der Waals surface area contributed by atoms with E-state index in [1.807, 2.05) is 31.2 Å². The molecule has 0 saturated carbocycles. The number of hydrogen-bond acceptors (Lipinski definition) is 4. The van der Waals surface area contributed by atoms with Gasteiger partial charge in [0.1, 0.15) is 11.3 Å². The van der Waals surface area contributed by atoms with Crippen LogP contribution in [-0.2, 0) is 15.1 Å². The minimum absolute atomic E-state index is 0.123. The minimum Gasteiger partial charge on any atom is -0.497 e. The number of hydrogen-bond donors (Lipinski definition) is 2. The van der Waals surface area contributed by atoms with E-state index in [4.69, 9.17) is 16.3 Å². The maximum atomic E-state index is 13.5. The smallest absolute Gasteiger partial charge is 0.250 e. The minimum atomic E-state index is -1.01. The second-order valence-corrected chi connectivity index (χ2v) is 8.80. The number of benzene rings is 2. The molecule has 6 nitrogen and oxygen atoms in total. The predicted octanol–water partition coefficient (Wildman–Crippen LogP) is 3.93. The van der Waals surface area contributed by atoms with Crippen molar-refractivity contribution in [3.63, 3.8) is 0 Å². The molecule has 0 radical (unpaired) electrons. The van der Waals surface area contributed by atoms with E-state index < -0.39 is 11.5 Å². The Bertz CT molecular complexity index is 1040. The SMILES string of the molecule is COc1ccc(NC(=O)C2CC3CCCN3C23C(=O)Nc2c(C)cc(Cl)cc23)cc1. The van der Waals surface area contributed by atoms with Gasteiger partial charge in [-0.15, -0.1) is 0 Å². The fourth-order valence-electron chi connectivity index (χ4n) is 5.56. The van der Waals surface area contributed by atoms with Crippen LogP contribution in [0.2, 0.25) is 5.02 Å². The molecule has 3 aliphatic heterocycles. The highest BCUT2D eigenvalue weighted by molar-refractivity contribution is 6.31. The molecule has 2 fully saturated rings. The molecule has 3 aliphatic rings. The summed E-state index contributed by atoms with van der Waals surface area (Å²) in [5.74, 6) is -0.0402. The van der Waals surface area contributed by atoms with Gasteiger partial charge in [-0.1, -0.05) is 11.6 Å². The molecule has 7 heteroatoms. The molecule has 0 aliphatic carbocycles. The second kappa shape index (κ2) is 7.00. The summed E-state index contributed by atoms with van der Waals surface area (Å²) in [7, 11) is 1.60. The Morgan fingerprint density at radius 1 is 1.30 bits per heavy atom. The van der Waals surface area contributed by atoms with E-state index in [1.54, 1.807) is 19.2 Å². The van der Waals surface area contributed by atoms with E-state index >= 15 is 0 Å². The molecule has 5 rings (SSSR count). The summed E-state index contributed by atoms with van der Waals surface area (Å²) in [5, 5.41) is 6.67. The highest BCUT2D eigenvalue weighted by atomic mass is 35.5. The normalized spacial score (nSPS) is 27.1. The molecule has 3 unspecified atom stereocenters. The fraction of sp³-hybridized carbons (Fsp3) is 0.391. The molecule has 3 atom stereocenters. The van der Waals surface area contributed by atoms with Gasteiger partial charge in [0.05, 0.1) is 13.0 Å². The Kier molecular flexibility index (Phi) is 4.52. The molecule has 2 aromatic carbocycles. The van der Waals surface area contributed by atoms with E-state index in [0.29, 0.717) is 17.1 Å². The van der Waals surface area contributed by atoms with Crippen LogP contribution < -0.4 is 15.4 Å². The first-order chi connectivity index (χ1) is 14.4. The summed E-state index contributed by atoms with van der Waals surface area (Å²) >= 11 is 6.40. The number of nitrogens with one attached hydrogen (secondary N) is 2. The number of fused-ring (bicyclic) bond motifs is 4. The van der Waals surface area contributed by atoms with Gasteiger partial charge in [-0.25, -0.2) is 0 Å². The lowest BCUT2D eigenvalue weighted by Crippen LogP contribution is -2.53. The average Bonchev–Trinajstić information content (AvgIpc) is 3.38. The summed E-state index contributed by atoms with van der Waals surface area (Å²) in [4.78, 5) is 29.3. The van der Waals surface area contributed by atoms with E-state index in [1.165, 1.54) is 0 Å². The van der Waals surface area contributed by atoms with E-state index in [-0.39, 0.29) is 17.9 Å². The molecular weight excluding hydrogens is 402 g/mol. The number of ether oxygens (including phenoxy) is 1. The molecule has 2 saturated heterocycles. The van der Waals surface area contributed by atoms with E-state index in [9.17, 15) is 9.59 Å². The Morgan fingerprint density at radius 3 is 2.80 bits per heavy atom. The number of aryl methyl sites for hydroxylation is 1. The zero-order valence-corrected chi connectivity index (χ0v) is 17.8. The highest BCUT2D eigenvalue weighted by Crippen LogP contribution is 2.56. The van der Waals surface area contributed by atoms with Gasteiger partial charge in [0, 0.05) is 28.0 Å². The lowest BCUT2D eigenvalue weighted by molar-refractivity contribution is -0.135. The van der Waals surface area contributed by atoms with Crippen LogP contribution in [0.4, 0.5) is 11.4 Å². The van der Waals surface area contributed by atoms with Crippen LogP contribution in [-0.4, -0.2) is 36.4 Å². The molecule has 1 spiro atoms. The first-order valence-corrected chi connectivity index (χ1v) is 10.7. The maximum Gasteiger partial charge on any atom is 0.250 e. The molecule has 3 heterocycles. The molecule has 2 N–H and O–H groups in total. The first kappa shape index (κ1) is 19.4. The van der Waals surface area contributed by atoms with Crippen LogP contribution in [0.1, 0.15) is 30.4 Å². The van der Waals surface area contributed by atoms with Crippen molar-refractivity contribution in [1.29, 1.82) is 0 Å². The van der Waals surface area contributed by atoms with Gasteiger partial charge < -0.3 is 15.4 Å². The van der Waals surface area contributed by atoms with Gasteiger partial charge in [0.2, 0.25) is 11.8 Å². The number of amides is 2. The van der Waals surface area contributed by atoms with Crippen LogP contribution in [0.3, 0.4) is 0 Å². The summed E-state index contributed by atoms with van der Waals surface area (Å²) in [6, 6.07) is 11.1. The Morgan fingerprint density at radius 2 is 2.07 bits per heavy atom. The topological polar surface area (TPSA) is 70.7 Å². The zero-order chi connectivity index (χ0) is 21.0. The van der Waals surface area contributed by atoms with Crippen LogP contribution in [0.15, 0.2) is 36.4 Å². The first-order valence-electron chi connectivity index (χ1n) is 10.3. The summed E-state index contributed by atoms with van der Waals surface area (Å²) in [6.07, 6.45) is 2.68. The average molecular weight is 426 g/mol. The third-order valence-electron chi connectivity index (χ3n) is 6.81. The van der Waals surface area contributed by atoms with Crippen LogP contribution in [0.25, 0.3) is 0 Å². The summed E-state index contributed by atoms with van der Waals surface area (Å²) in [5.41, 5.74) is 2.21. The van der Waals surface area contributed by atoms with Crippen molar-refractivity contribution >= 4 is 34.8 Å². The quantitative estimate of drug-likeness (QED) is 0.781. The van der Waals surface area contributed by atoms with Crippen LogP contribution in [0, 0.1) is 12.8 Å². The van der Waals surface area contributed by atoms with Gasteiger partial charge in [-0.3, -0.25) is 14.5 Å². The number of methoxy groups -OCH3 is 1. The molecule has 2 amide bonds. The van der Waals surface area contributed by atoms with Crippen molar-refractivity contribution in [2.24, 2.45) is 5.92 Å². The maximum absolute atomic E-state index is 13.5. The lowest BCUT2D eigenvalue weighted by atomic mass is 9.78. The van der Waals surface area contributed by atoms with Gasteiger partial charge in [0.25, 0.3) is 0 Å². The predicted molar refractivity (Wildman–Crippen MR) is 116 cm³/mol. The van der Waals surface area contributed by atoms with Gasteiger partial charge >= 0.3 is 0 Å². The van der Waals surface area contributed by atoms with Crippen molar-refractivity contribution < 1.29 is 14.3 Å². The van der Waals surface area contributed by atoms with Crippen LogP contribution >= 0.6 is 11.6 Å². The molecule has 30 heavy (non-hydrogen) atoms. The molecular formula is C23H24ClN3O3. The molecule has 156 valence electrons.